The molecule has 0 aliphatic carbocycles. The first-order chi connectivity index (χ1) is 14.4. The van der Waals surface area contributed by atoms with Crippen molar-refractivity contribution in [3.05, 3.63) is 35.9 Å². The van der Waals surface area contributed by atoms with E-state index in [1.165, 1.54) is 0 Å². The second-order valence-electron chi connectivity index (χ2n) is 7.82. The molecule has 0 aromatic heterocycles. The number of nitrogens with one attached hydrogen (secondary N) is 1. The average Bonchev–Trinajstić information content (AvgIpc) is 3.32. The van der Waals surface area contributed by atoms with Crippen molar-refractivity contribution >= 4 is 29.6 Å². The van der Waals surface area contributed by atoms with Gasteiger partial charge in [-0.3, -0.25) is 14.9 Å². The number of likely N-dealkylation sites (tertiary alicyclic amines) is 1. The minimum absolute atomic E-state index is 0.0433. The second kappa shape index (κ2) is 10.3. The van der Waals surface area contributed by atoms with Gasteiger partial charge >= 0.3 is 11.9 Å². The molecule has 2 N–H and O–H groups in total. The summed E-state index contributed by atoms with van der Waals surface area (Å²) in [5, 5.41) is 12.9. The first-order valence-corrected chi connectivity index (χ1v) is 11.6. The fourth-order valence-corrected chi connectivity index (χ4v) is 5.83. The molecule has 2 aliphatic rings. The molecule has 0 bridgehead atoms. The van der Waals surface area contributed by atoms with Crippen LogP contribution in [-0.2, 0) is 25.5 Å². The molecular weight excluding hydrogens is 404 g/mol. The lowest BCUT2D eigenvalue weighted by Crippen LogP contribution is -2.55. The Kier molecular flexibility index (Phi) is 7.77. The maximum Gasteiger partial charge on any atom is 0.326 e. The summed E-state index contributed by atoms with van der Waals surface area (Å²) in [6, 6.07) is 7.67. The highest BCUT2D eigenvalue weighted by Crippen LogP contribution is 2.41. The van der Waals surface area contributed by atoms with Crippen LogP contribution in [0.1, 0.15) is 38.7 Å². The Morgan fingerprint density at radius 3 is 2.70 bits per heavy atom. The van der Waals surface area contributed by atoms with Crippen LogP contribution in [0, 0.1) is 0 Å². The van der Waals surface area contributed by atoms with Gasteiger partial charge in [0, 0.05) is 11.3 Å². The maximum absolute atomic E-state index is 13.2. The van der Waals surface area contributed by atoms with Crippen LogP contribution in [0.2, 0.25) is 0 Å². The number of amides is 1. The predicted molar refractivity (Wildman–Crippen MR) is 115 cm³/mol. The topological polar surface area (TPSA) is 95.9 Å². The quantitative estimate of drug-likeness (QED) is 0.575. The zero-order chi connectivity index (χ0) is 21.7. The number of hydrogen-bond donors (Lipinski definition) is 2. The van der Waals surface area contributed by atoms with E-state index < -0.39 is 30.1 Å². The lowest BCUT2D eigenvalue weighted by atomic mass is 10.0. The van der Waals surface area contributed by atoms with Crippen molar-refractivity contribution in [2.45, 2.75) is 68.9 Å². The number of aryl methyl sites for hydroxylation is 1. The third kappa shape index (κ3) is 5.16. The first-order valence-electron chi connectivity index (χ1n) is 10.6. The summed E-state index contributed by atoms with van der Waals surface area (Å²) in [5.41, 5.74) is 1.10. The number of hydrogen-bond acceptors (Lipinski definition) is 6. The van der Waals surface area contributed by atoms with E-state index in [1.807, 2.05) is 30.3 Å². The monoisotopic (exact) mass is 434 g/mol. The van der Waals surface area contributed by atoms with E-state index in [0.29, 0.717) is 19.3 Å². The molecule has 1 aromatic rings. The van der Waals surface area contributed by atoms with Crippen LogP contribution in [0.4, 0.5) is 0 Å². The molecule has 1 amide bonds. The Morgan fingerprint density at radius 2 is 2.03 bits per heavy atom. The number of fused-ring (bicyclic) bond motifs is 1. The van der Waals surface area contributed by atoms with E-state index in [9.17, 15) is 19.5 Å². The molecular formula is C22H30N2O5S. The van der Waals surface area contributed by atoms with E-state index in [2.05, 4.69) is 5.32 Å². The van der Waals surface area contributed by atoms with Gasteiger partial charge in [-0.25, -0.2) is 4.79 Å². The van der Waals surface area contributed by atoms with Crippen molar-refractivity contribution < 1.29 is 24.2 Å². The van der Waals surface area contributed by atoms with Gasteiger partial charge < -0.3 is 14.7 Å². The number of esters is 1. The number of aliphatic carboxylic acids is 1. The van der Waals surface area contributed by atoms with Gasteiger partial charge in [0.25, 0.3) is 0 Å². The highest BCUT2D eigenvalue weighted by molar-refractivity contribution is 8.00. The largest absolute Gasteiger partial charge is 0.480 e. The van der Waals surface area contributed by atoms with Crippen LogP contribution < -0.4 is 5.32 Å². The third-order valence-electron chi connectivity index (χ3n) is 5.82. The second-order valence-corrected chi connectivity index (χ2v) is 9.16. The Bertz CT molecular complexity index is 759. The fourth-order valence-electron chi connectivity index (χ4n) is 4.35. The van der Waals surface area contributed by atoms with E-state index in [4.69, 9.17) is 4.74 Å². The van der Waals surface area contributed by atoms with Gasteiger partial charge in [-0.05, 0) is 50.8 Å². The molecule has 0 saturated carbocycles. The minimum atomic E-state index is -0.962. The average molecular weight is 435 g/mol. The van der Waals surface area contributed by atoms with Gasteiger partial charge in [-0.2, -0.15) is 11.8 Å². The Hall–Kier alpha value is -2.06. The number of thioether (sulfide) groups is 1. The standard InChI is InChI=1S/C22H30N2O5S/c1-3-29-22(28)16(10-9-15-7-5-4-6-8-15)23-14(2)20(25)24-17-11-12-30-19(17)13-18(24)21(26)27/h4-8,14,16-19,23H,3,9-13H2,1-2H3,(H,26,27)/t14?,16-,17?,18-,19?/m0/s1. The number of rotatable bonds is 9. The molecule has 2 saturated heterocycles. The molecule has 7 nitrogen and oxygen atoms in total. The summed E-state index contributed by atoms with van der Waals surface area (Å²) in [7, 11) is 0. The number of benzene rings is 1. The van der Waals surface area contributed by atoms with Crippen LogP contribution in [0.5, 0.6) is 0 Å². The smallest absolute Gasteiger partial charge is 0.326 e. The van der Waals surface area contributed by atoms with Crippen LogP contribution in [0.15, 0.2) is 30.3 Å². The van der Waals surface area contributed by atoms with Crippen molar-refractivity contribution in [3.63, 3.8) is 0 Å². The number of carboxylic acids is 1. The predicted octanol–water partition coefficient (Wildman–Crippen LogP) is 2.09. The highest BCUT2D eigenvalue weighted by Gasteiger charge is 2.50. The van der Waals surface area contributed by atoms with Gasteiger partial charge in [-0.15, -0.1) is 0 Å². The van der Waals surface area contributed by atoms with Crippen molar-refractivity contribution in [2.75, 3.05) is 12.4 Å². The summed E-state index contributed by atoms with van der Waals surface area (Å²) in [5.74, 6) is -0.669. The Morgan fingerprint density at radius 1 is 1.30 bits per heavy atom. The van der Waals surface area contributed by atoms with Crippen molar-refractivity contribution in [3.8, 4) is 0 Å². The molecule has 2 fully saturated rings. The van der Waals surface area contributed by atoms with Gasteiger partial charge in [0.1, 0.15) is 12.1 Å². The van der Waals surface area contributed by atoms with Crippen molar-refractivity contribution in [2.24, 2.45) is 0 Å². The van der Waals surface area contributed by atoms with Crippen LogP contribution >= 0.6 is 11.8 Å². The molecule has 2 heterocycles. The number of carbonyl (C=O) groups excluding carboxylic acids is 2. The summed E-state index contributed by atoms with van der Waals surface area (Å²) in [6.07, 6.45) is 2.46. The normalized spacial score (nSPS) is 24.9. The number of carbonyl (C=O) groups is 3. The summed E-state index contributed by atoms with van der Waals surface area (Å²) in [4.78, 5) is 39.0. The number of ether oxygens (including phenoxy) is 1. The fraction of sp³-hybridized carbons (Fsp3) is 0.591. The zero-order valence-electron chi connectivity index (χ0n) is 17.5. The summed E-state index contributed by atoms with van der Waals surface area (Å²) in [6.45, 7) is 3.71. The van der Waals surface area contributed by atoms with Crippen molar-refractivity contribution in [1.82, 2.24) is 10.2 Å². The number of carboxylic acid groups (broad SMARTS) is 1. The maximum atomic E-state index is 13.2. The van der Waals surface area contributed by atoms with Crippen LogP contribution in [0.25, 0.3) is 0 Å². The van der Waals surface area contributed by atoms with Gasteiger partial charge in [0.15, 0.2) is 0 Å². The van der Waals surface area contributed by atoms with E-state index >= 15 is 0 Å². The zero-order valence-corrected chi connectivity index (χ0v) is 18.3. The van der Waals surface area contributed by atoms with Gasteiger partial charge in [0.2, 0.25) is 5.91 Å². The van der Waals surface area contributed by atoms with Gasteiger partial charge in [0.05, 0.1) is 12.6 Å². The van der Waals surface area contributed by atoms with E-state index in [-0.39, 0.29) is 23.8 Å². The molecule has 2 aliphatic heterocycles. The Balaban J connectivity index is 1.68. The lowest BCUT2D eigenvalue weighted by Gasteiger charge is -2.31. The SMILES string of the molecule is CCOC(=O)[C@H](CCc1ccccc1)NC(C)C(=O)N1C2CCSC2C[C@H]1C(=O)O. The molecule has 1 aromatic carbocycles. The molecule has 30 heavy (non-hydrogen) atoms. The molecule has 3 rings (SSSR count). The van der Waals surface area contributed by atoms with E-state index in [0.717, 1.165) is 17.7 Å². The molecule has 3 unspecified atom stereocenters. The van der Waals surface area contributed by atoms with E-state index in [1.54, 1.807) is 30.5 Å². The highest BCUT2D eigenvalue weighted by atomic mass is 32.2. The minimum Gasteiger partial charge on any atom is -0.480 e. The van der Waals surface area contributed by atoms with Crippen LogP contribution in [0.3, 0.4) is 0 Å². The molecule has 5 atom stereocenters. The molecule has 0 radical (unpaired) electrons. The summed E-state index contributed by atoms with van der Waals surface area (Å²) >= 11 is 1.75. The number of nitrogens with zero attached hydrogens (tertiary/aromatic N) is 1. The Labute approximate surface area is 181 Å². The molecule has 8 heteroatoms. The lowest BCUT2D eigenvalue weighted by molar-refractivity contribution is -0.151. The van der Waals surface area contributed by atoms with Crippen molar-refractivity contribution in [1.29, 1.82) is 0 Å². The van der Waals surface area contributed by atoms with Gasteiger partial charge in [-0.1, -0.05) is 30.3 Å². The summed E-state index contributed by atoms with van der Waals surface area (Å²) < 4.78 is 5.20. The van der Waals surface area contributed by atoms with Crippen LogP contribution in [-0.4, -0.2) is 69.6 Å². The molecule has 0 spiro atoms. The third-order valence-corrected chi connectivity index (χ3v) is 7.23. The molecule has 164 valence electrons. The first kappa shape index (κ1) is 22.6.